The molecule has 9 heteroatoms. The summed E-state index contributed by atoms with van der Waals surface area (Å²) in [6.07, 6.45) is -11.2. The Morgan fingerprint density at radius 2 is 1.63 bits per heavy atom. The van der Waals surface area contributed by atoms with E-state index in [4.69, 9.17) is 18.9 Å². The molecule has 2 heterocycles. The van der Waals surface area contributed by atoms with Crippen LogP contribution in [0.2, 0.25) is 0 Å². The maximum absolute atomic E-state index is 10.3. The molecule has 0 amide bonds. The van der Waals surface area contributed by atoms with Gasteiger partial charge >= 0.3 is 0 Å². The quantitative estimate of drug-likeness (QED) is 0.409. The van der Waals surface area contributed by atoms with Gasteiger partial charge in [-0.05, 0) is 12.5 Å². The molecule has 0 saturated carbocycles. The van der Waals surface area contributed by atoms with E-state index in [-0.39, 0.29) is 13.2 Å². The Kier molecular flexibility index (Phi) is 6.79. The van der Waals surface area contributed by atoms with Gasteiger partial charge in [-0.25, -0.2) is 0 Å². The summed E-state index contributed by atoms with van der Waals surface area (Å²) in [7, 11) is 0. The zero-order valence-corrected chi connectivity index (χ0v) is 14.9. The molecule has 0 aromatic heterocycles. The molecule has 2 aliphatic rings. The molecule has 1 aromatic carbocycles. The number of rotatable bonds is 5. The largest absolute Gasteiger partial charge is 0.388 e. The minimum Gasteiger partial charge on any atom is -0.388 e. The van der Waals surface area contributed by atoms with Crippen LogP contribution >= 0.6 is 0 Å². The fraction of sp³-hybridized carbons (Fsp3) is 0.667. The molecule has 27 heavy (non-hydrogen) atoms. The van der Waals surface area contributed by atoms with Crippen molar-refractivity contribution in [2.75, 3.05) is 6.61 Å². The first kappa shape index (κ1) is 20.6. The van der Waals surface area contributed by atoms with Crippen LogP contribution in [0.15, 0.2) is 30.3 Å². The lowest BCUT2D eigenvalue weighted by molar-refractivity contribution is -0.354. The van der Waals surface area contributed by atoms with E-state index in [1.807, 2.05) is 30.3 Å². The van der Waals surface area contributed by atoms with Crippen LogP contribution in [0.25, 0.3) is 0 Å². The first-order valence-electron chi connectivity index (χ1n) is 8.87. The van der Waals surface area contributed by atoms with Crippen LogP contribution in [0.5, 0.6) is 0 Å². The average molecular weight is 386 g/mol. The van der Waals surface area contributed by atoms with Crippen molar-refractivity contribution in [1.82, 2.24) is 0 Å². The lowest BCUT2D eigenvalue weighted by Crippen LogP contribution is -2.62. The molecule has 5 N–H and O–H groups in total. The molecule has 9 atom stereocenters. The maximum Gasteiger partial charge on any atom is 0.187 e. The first-order valence-corrected chi connectivity index (χ1v) is 8.87. The summed E-state index contributed by atoms with van der Waals surface area (Å²) in [5.41, 5.74) is 0.876. The fourth-order valence-electron chi connectivity index (χ4n) is 3.09. The van der Waals surface area contributed by atoms with E-state index < -0.39 is 55.3 Å². The van der Waals surface area contributed by atoms with Gasteiger partial charge in [0, 0.05) is 0 Å². The number of aliphatic hydroxyl groups excluding tert-OH is 5. The highest BCUT2D eigenvalue weighted by Crippen LogP contribution is 2.27. The van der Waals surface area contributed by atoms with Gasteiger partial charge in [-0.3, -0.25) is 0 Å². The molecular formula is C18H26O9. The molecule has 2 saturated heterocycles. The Morgan fingerprint density at radius 3 is 2.33 bits per heavy atom. The SMILES string of the molecule is C[C@@H]1O[C@H](O[C@H]2[C@H](OCc3ccccc3)OC[C@H](O)[C@H]2O)[C@@H](O)[C@H](O)[C@@H]1O. The second kappa shape index (κ2) is 8.91. The Balaban J connectivity index is 1.68. The number of ether oxygens (including phenoxy) is 4. The normalized spacial score (nSPS) is 42.8. The van der Waals surface area contributed by atoms with Crippen LogP contribution < -0.4 is 0 Å². The molecule has 0 unspecified atom stereocenters. The van der Waals surface area contributed by atoms with Crippen LogP contribution in [0.1, 0.15) is 12.5 Å². The molecule has 3 rings (SSSR count). The van der Waals surface area contributed by atoms with Crippen molar-refractivity contribution in [3.8, 4) is 0 Å². The Hall–Kier alpha value is -1.14. The minimum absolute atomic E-state index is 0.147. The van der Waals surface area contributed by atoms with Gasteiger partial charge in [0.25, 0.3) is 0 Å². The van der Waals surface area contributed by atoms with Crippen molar-refractivity contribution in [3.63, 3.8) is 0 Å². The van der Waals surface area contributed by atoms with Crippen molar-refractivity contribution >= 4 is 0 Å². The van der Waals surface area contributed by atoms with Crippen molar-refractivity contribution in [3.05, 3.63) is 35.9 Å². The van der Waals surface area contributed by atoms with Gasteiger partial charge in [0.1, 0.15) is 36.6 Å². The second-order valence-electron chi connectivity index (χ2n) is 6.84. The molecule has 0 aliphatic carbocycles. The molecular weight excluding hydrogens is 360 g/mol. The van der Waals surface area contributed by atoms with E-state index in [0.717, 1.165) is 5.56 Å². The standard InChI is InChI=1S/C18H26O9/c1-9-12(20)14(22)15(23)17(26-9)27-16-13(21)11(19)8-25-18(16)24-7-10-5-3-2-4-6-10/h2-6,9,11-23H,7-8H2,1H3/t9-,11-,12+,13+,14+,15-,16+,17+,18+/m0/s1. The molecule has 9 nitrogen and oxygen atoms in total. The third-order valence-electron chi connectivity index (χ3n) is 4.79. The van der Waals surface area contributed by atoms with Gasteiger partial charge < -0.3 is 44.5 Å². The predicted octanol–water partition coefficient (Wildman–Crippen LogP) is -1.51. The van der Waals surface area contributed by atoms with Gasteiger partial charge in [0.2, 0.25) is 0 Å². The molecule has 2 aliphatic heterocycles. The number of hydrogen-bond donors (Lipinski definition) is 5. The summed E-state index contributed by atoms with van der Waals surface area (Å²) >= 11 is 0. The summed E-state index contributed by atoms with van der Waals surface area (Å²) in [5.74, 6) is 0. The molecule has 2 fully saturated rings. The summed E-state index contributed by atoms with van der Waals surface area (Å²) in [6, 6.07) is 9.30. The molecule has 152 valence electrons. The smallest absolute Gasteiger partial charge is 0.187 e. The number of hydrogen-bond acceptors (Lipinski definition) is 9. The lowest BCUT2D eigenvalue weighted by atomic mass is 9.99. The van der Waals surface area contributed by atoms with E-state index in [2.05, 4.69) is 0 Å². The maximum atomic E-state index is 10.3. The van der Waals surface area contributed by atoms with Gasteiger partial charge in [-0.15, -0.1) is 0 Å². The third-order valence-corrected chi connectivity index (χ3v) is 4.79. The summed E-state index contributed by atoms with van der Waals surface area (Å²) < 4.78 is 22.1. The Labute approximate surface area is 156 Å². The van der Waals surface area contributed by atoms with Gasteiger partial charge in [0.15, 0.2) is 12.6 Å². The van der Waals surface area contributed by atoms with Crippen molar-refractivity contribution in [2.45, 2.75) is 68.8 Å². The Morgan fingerprint density at radius 1 is 0.926 bits per heavy atom. The second-order valence-corrected chi connectivity index (χ2v) is 6.84. The third kappa shape index (κ3) is 4.65. The van der Waals surface area contributed by atoms with E-state index in [0.29, 0.717) is 0 Å². The van der Waals surface area contributed by atoms with Crippen molar-refractivity contribution in [2.24, 2.45) is 0 Å². The number of aliphatic hydroxyl groups is 5. The van der Waals surface area contributed by atoms with E-state index >= 15 is 0 Å². The first-order chi connectivity index (χ1) is 12.9. The van der Waals surface area contributed by atoms with Crippen LogP contribution in [-0.2, 0) is 25.6 Å². The zero-order chi connectivity index (χ0) is 19.6. The van der Waals surface area contributed by atoms with Crippen molar-refractivity contribution < 1.29 is 44.5 Å². The average Bonchev–Trinajstić information content (AvgIpc) is 2.68. The zero-order valence-electron chi connectivity index (χ0n) is 14.9. The minimum atomic E-state index is -1.54. The topological polar surface area (TPSA) is 138 Å². The van der Waals surface area contributed by atoms with Crippen molar-refractivity contribution in [1.29, 1.82) is 0 Å². The Bertz CT molecular complexity index is 585. The monoisotopic (exact) mass is 386 g/mol. The van der Waals surface area contributed by atoms with Crippen LogP contribution in [-0.4, -0.2) is 87.4 Å². The van der Waals surface area contributed by atoms with E-state index in [1.54, 1.807) is 0 Å². The van der Waals surface area contributed by atoms with E-state index in [1.165, 1.54) is 6.92 Å². The number of benzene rings is 1. The summed E-state index contributed by atoms with van der Waals surface area (Å²) in [5, 5.41) is 50.0. The highest BCUT2D eigenvalue weighted by Gasteiger charge is 2.47. The highest BCUT2D eigenvalue weighted by atomic mass is 16.7. The summed E-state index contributed by atoms with van der Waals surface area (Å²) in [4.78, 5) is 0. The van der Waals surface area contributed by atoms with Gasteiger partial charge in [0.05, 0.1) is 19.3 Å². The fourth-order valence-corrected chi connectivity index (χ4v) is 3.09. The van der Waals surface area contributed by atoms with Gasteiger partial charge in [-0.1, -0.05) is 30.3 Å². The predicted molar refractivity (Wildman–Crippen MR) is 90.2 cm³/mol. The summed E-state index contributed by atoms with van der Waals surface area (Å²) in [6.45, 7) is 1.55. The van der Waals surface area contributed by atoms with Gasteiger partial charge in [-0.2, -0.15) is 0 Å². The van der Waals surface area contributed by atoms with Crippen LogP contribution in [0.4, 0.5) is 0 Å². The molecule has 1 aromatic rings. The molecule has 0 radical (unpaired) electrons. The lowest BCUT2D eigenvalue weighted by Gasteiger charge is -2.44. The van der Waals surface area contributed by atoms with Crippen LogP contribution in [0, 0.1) is 0 Å². The molecule has 0 bridgehead atoms. The van der Waals surface area contributed by atoms with Crippen LogP contribution in [0.3, 0.4) is 0 Å². The highest BCUT2D eigenvalue weighted by molar-refractivity contribution is 5.13. The van der Waals surface area contributed by atoms with E-state index in [9.17, 15) is 25.5 Å². The molecule has 0 spiro atoms.